The Labute approximate surface area is 156 Å². The molecule has 138 valence electrons. The Bertz CT molecular complexity index is 662. The number of hydrogen-bond donors (Lipinski definition) is 2. The maximum absolute atomic E-state index is 5.89. The van der Waals surface area contributed by atoms with Crippen molar-refractivity contribution >= 4 is 23.8 Å². The minimum Gasteiger partial charge on any atom is -0.398 e. The Balaban J connectivity index is 1.57. The van der Waals surface area contributed by atoms with Gasteiger partial charge in [0.05, 0.1) is 0 Å². The van der Waals surface area contributed by atoms with Crippen molar-refractivity contribution in [2.45, 2.75) is 12.8 Å². The predicted octanol–water partition coefficient (Wildman–Crippen LogP) is 3.10. The van der Waals surface area contributed by atoms with E-state index in [1.54, 1.807) is 0 Å². The molecular weight excluding hydrogens is 322 g/mol. The molecule has 5 heteroatoms. The van der Waals surface area contributed by atoms with Crippen LogP contribution in [0.2, 0.25) is 0 Å². The van der Waals surface area contributed by atoms with Gasteiger partial charge in [0.2, 0.25) is 0 Å². The van der Waals surface area contributed by atoms with Crippen LogP contribution in [0.5, 0.6) is 0 Å². The summed E-state index contributed by atoms with van der Waals surface area (Å²) < 4.78 is 0. The van der Waals surface area contributed by atoms with Gasteiger partial charge in [-0.05, 0) is 45.1 Å². The van der Waals surface area contributed by atoms with E-state index in [9.17, 15) is 0 Å². The average molecular weight is 351 g/mol. The van der Waals surface area contributed by atoms with Gasteiger partial charge < -0.3 is 16.4 Å². The minimum absolute atomic E-state index is 0.770. The summed E-state index contributed by atoms with van der Waals surface area (Å²) in [6, 6.07) is 15.6. The lowest BCUT2D eigenvalue weighted by Crippen LogP contribution is -2.22. The van der Waals surface area contributed by atoms with E-state index in [0.717, 1.165) is 61.5 Å². The second kappa shape index (κ2) is 11.1. The number of hydrogen-bond acceptors (Lipinski definition) is 5. The second-order valence-electron chi connectivity index (χ2n) is 6.34. The van der Waals surface area contributed by atoms with E-state index in [2.05, 4.69) is 21.9 Å². The molecule has 2 aromatic carbocycles. The van der Waals surface area contributed by atoms with Crippen LogP contribution in [-0.4, -0.2) is 50.6 Å². The van der Waals surface area contributed by atoms with Gasteiger partial charge in [-0.3, -0.25) is 9.98 Å². The highest BCUT2D eigenvalue weighted by atomic mass is 15.1. The number of aliphatic imine (C=N–C) groups is 2. The van der Waals surface area contributed by atoms with E-state index in [1.165, 1.54) is 0 Å². The van der Waals surface area contributed by atoms with E-state index in [1.807, 2.05) is 61.0 Å². The van der Waals surface area contributed by atoms with Gasteiger partial charge in [-0.2, -0.15) is 0 Å². The molecule has 26 heavy (non-hydrogen) atoms. The van der Waals surface area contributed by atoms with Crippen LogP contribution >= 0.6 is 0 Å². The molecule has 0 spiro atoms. The van der Waals surface area contributed by atoms with Gasteiger partial charge in [0, 0.05) is 48.0 Å². The molecule has 0 heterocycles. The zero-order valence-electron chi connectivity index (χ0n) is 15.5. The number of para-hydroxylation sites is 2. The monoisotopic (exact) mass is 351 g/mol. The lowest BCUT2D eigenvalue weighted by atomic mass is 10.2. The van der Waals surface area contributed by atoms with Crippen LogP contribution in [0.15, 0.2) is 58.5 Å². The second-order valence-corrected chi connectivity index (χ2v) is 6.34. The molecule has 2 aromatic rings. The summed E-state index contributed by atoms with van der Waals surface area (Å²) in [5.41, 5.74) is 15.3. The van der Waals surface area contributed by atoms with Crippen LogP contribution < -0.4 is 11.5 Å². The molecule has 0 aliphatic heterocycles. The largest absolute Gasteiger partial charge is 0.398 e. The van der Waals surface area contributed by atoms with Crippen LogP contribution in [0.3, 0.4) is 0 Å². The number of nitrogens with zero attached hydrogens (tertiary/aromatic N) is 3. The zero-order valence-corrected chi connectivity index (χ0v) is 15.5. The fraction of sp³-hybridized carbons (Fsp3) is 0.333. The zero-order chi connectivity index (χ0) is 18.6. The highest BCUT2D eigenvalue weighted by Gasteiger charge is 1.98. The first kappa shape index (κ1) is 19.7. The number of anilines is 2. The van der Waals surface area contributed by atoms with E-state index in [-0.39, 0.29) is 0 Å². The molecule has 0 fully saturated rings. The number of nitrogen functional groups attached to an aromatic ring is 2. The summed E-state index contributed by atoms with van der Waals surface area (Å²) in [6.45, 7) is 3.67. The van der Waals surface area contributed by atoms with E-state index >= 15 is 0 Å². The van der Waals surface area contributed by atoms with Crippen LogP contribution in [0.1, 0.15) is 24.0 Å². The van der Waals surface area contributed by atoms with Crippen molar-refractivity contribution in [1.29, 1.82) is 0 Å². The molecule has 0 saturated heterocycles. The topological polar surface area (TPSA) is 80.0 Å². The molecule has 0 unspecified atom stereocenters. The first-order valence-electron chi connectivity index (χ1n) is 9.04. The third-order valence-electron chi connectivity index (χ3n) is 4.11. The number of rotatable bonds is 10. The SMILES string of the molecule is CN(CCCN=Cc1ccccc1N)CCCN=Cc1ccccc1N. The number of benzene rings is 2. The Kier molecular flexibility index (Phi) is 8.36. The van der Waals surface area contributed by atoms with Crippen LogP contribution in [0, 0.1) is 0 Å². The first-order chi connectivity index (χ1) is 12.7. The standard InChI is InChI=1S/C21H29N5/c1-26(14-6-12-24-16-18-8-2-4-10-20(18)22)15-7-13-25-17-19-9-3-5-11-21(19)23/h2-5,8-11,16-17H,6-7,12-15,22-23H2,1H3. The van der Waals surface area contributed by atoms with Crippen molar-refractivity contribution in [1.82, 2.24) is 4.90 Å². The van der Waals surface area contributed by atoms with Crippen molar-refractivity contribution in [3.63, 3.8) is 0 Å². The summed E-state index contributed by atoms with van der Waals surface area (Å²) in [5, 5.41) is 0. The molecule has 0 atom stereocenters. The van der Waals surface area contributed by atoms with Gasteiger partial charge in [0.15, 0.2) is 0 Å². The molecular formula is C21H29N5. The summed E-state index contributed by atoms with van der Waals surface area (Å²) in [6.07, 6.45) is 5.78. The highest BCUT2D eigenvalue weighted by Crippen LogP contribution is 2.08. The van der Waals surface area contributed by atoms with Gasteiger partial charge in [0.1, 0.15) is 0 Å². The molecule has 0 aromatic heterocycles. The average Bonchev–Trinajstić information content (AvgIpc) is 2.64. The Hall–Kier alpha value is -2.66. The Morgan fingerprint density at radius 3 is 1.62 bits per heavy atom. The summed E-state index contributed by atoms with van der Waals surface area (Å²) in [5.74, 6) is 0. The first-order valence-corrected chi connectivity index (χ1v) is 9.04. The van der Waals surface area contributed by atoms with Gasteiger partial charge in [-0.15, -0.1) is 0 Å². The molecule has 0 aliphatic carbocycles. The molecule has 0 saturated carbocycles. The third kappa shape index (κ3) is 7.07. The number of nitrogens with two attached hydrogens (primary N) is 2. The van der Waals surface area contributed by atoms with E-state index in [0.29, 0.717) is 0 Å². The van der Waals surface area contributed by atoms with Crippen molar-refractivity contribution < 1.29 is 0 Å². The molecule has 0 amide bonds. The Morgan fingerprint density at radius 2 is 1.19 bits per heavy atom. The van der Waals surface area contributed by atoms with Crippen LogP contribution in [0.4, 0.5) is 11.4 Å². The van der Waals surface area contributed by atoms with Crippen molar-refractivity contribution in [3.05, 3.63) is 59.7 Å². The molecule has 0 radical (unpaired) electrons. The fourth-order valence-corrected chi connectivity index (χ4v) is 2.56. The lowest BCUT2D eigenvalue weighted by molar-refractivity contribution is 0.329. The van der Waals surface area contributed by atoms with Crippen molar-refractivity contribution in [2.75, 3.05) is 44.7 Å². The fourth-order valence-electron chi connectivity index (χ4n) is 2.56. The quantitative estimate of drug-likeness (QED) is 0.392. The van der Waals surface area contributed by atoms with Gasteiger partial charge in [-0.25, -0.2) is 0 Å². The maximum atomic E-state index is 5.89. The summed E-state index contributed by atoms with van der Waals surface area (Å²) in [4.78, 5) is 11.2. The van der Waals surface area contributed by atoms with E-state index < -0.39 is 0 Å². The smallest absolute Gasteiger partial charge is 0.0403 e. The summed E-state index contributed by atoms with van der Waals surface area (Å²) >= 11 is 0. The van der Waals surface area contributed by atoms with Gasteiger partial charge >= 0.3 is 0 Å². The van der Waals surface area contributed by atoms with Crippen LogP contribution in [0.25, 0.3) is 0 Å². The Morgan fingerprint density at radius 1 is 0.769 bits per heavy atom. The lowest BCUT2D eigenvalue weighted by Gasteiger charge is -2.14. The van der Waals surface area contributed by atoms with Crippen molar-refractivity contribution in [2.24, 2.45) is 9.98 Å². The molecule has 0 aliphatic rings. The summed E-state index contributed by atoms with van der Waals surface area (Å²) in [7, 11) is 2.14. The van der Waals surface area contributed by atoms with Gasteiger partial charge in [0.25, 0.3) is 0 Å². The van der Waals surface area contributed by atoms with Crippen LogP contribution in [-0.2, 0) is 0 Å². The minimum atomic E-state index is 0.770. The van der Waals surface area contributed by atoms with Gasteiger partial charge in [-0.1, -0.05) is 36.4 Å². The van der Waals surface area contributed by atoms with E-state index in [4.69, 9.17) is 11.5 Å². The molecule has 5 nitrogen and oxygen atoms in total. The molecule has 4 N–H and O–H groups in total. The molecule has 0 bridgehead atoms. The maximum Gasteiger partial charge on any atom is 0.0403 e. The molecule has 2 rings (SSSR count). The normalized spacial score (nSPS) is 11.8. The highest BCUT2D eigenvalue weighted by molar-refractivity contribution is 5.87. The predicted molar refractivity (Wildman–Crippen MR) is 113 cm³/mol. The third-order valence-corrected chi connectivity index (χ3v) is 4.11. The van der Waals surface area contributed by atoms with Crippen molar-refractivity contribution in [3.8, 4) is 0 Å².